The van der Waals surface area contributed by atoms with Crippen LogP contribution in [0.5, 0.6) is 0 Å². The molecule has 1 atom stereocenters. The van der Waals surface area contributed by atoms with Crippen molar-refractivity contribution in [2.45, 2.75) is 31.9 Å². The van der Waals surface area contributed by atoms with Crippen molar-refractivity contribution >= 4 is 17.4 Å². The van der Waals surface area contributed by atoms with E-state index in [1.54, 1.807) is 25.6 Å². The van der Waals surface area contributed by atoms with Gasteiger partial charge in [0.05, 0.1) is 5.56 Å². The summed E-state index contributed by atoms with van der Waals surface area (Å²) in [7, 11) is 1.72. The maximum absolute atomic E-state index is 12.8. The Bertz CT molecular complexity index is 1100. The predicted octanol–water partition coefficient (Wildman–Crippen LogP) is 3.32. The Labute approximate surface area is 169 Å². The van der Waals surface area contributed by atoms with Crippen LogP contribution in [0.2, 0.25) is 0 Å². The summed E-state index contributed by atoms with van der Waals surface area (Å²) in [4.78, 5) is 12.2. The first-order valence-corrected chi connectivity index (χ1v) is 9.20. The molecule has 3 heterocycles. The number of nitrogens with zero attached hydrogens (tertiary/aromatic N) is 4. The Morgan fingerprint density at radius 2 is 1.93 bits per heavy atom. The summed E-state index contributed by atoms with van der Waals surface area (Å²) in [6.45, 7) is 4.07. The van der Waals surface area contributed by atoms with Crippen LogP contribution in [0, 0.1) is 6.92 Å². The zero-order chi connectivity index (χ0) is 21.7. The molecule has 3 aromatic rings. The Morgan fingerprint density at radius 1 is 1.23 bits per heavy atom. The number of anilines is 2. The highest BCUT2D eigenvalue weighted by Gasteiger charge is 2.44. The highest BCUT2D eigenvalue weighted by molar-refractivity contribution is 5.88. The molecule has 8 nitrogen and oxygen atoms in total. The van der Waals surface area contributed by atoms with Crippen LogP contribution in [0.1, 0.15) is 30.5 Å². The molecule has 11 heteroatoms. The van der Waals surface area contributed by atoms with Gasteiger partial charge in [0.2, 0.25) is 11.8 Å². The fourth-order valence-corrected chi connectivity index (χ4v) is 3.32. The first-order chi connectivity index (χ1) is 14.1. The van der Waals surface area contributed by atoms with E-state index in [4.69, 9.17) is 4.42 Å². The largest absolute Gasteiger partial charge is 0.419 e. The van der Waals surface area contributed by atoms with Gasteiger partial charge in [0.15, 0.2) is 5.82 Å². The van der Waals surface area contributed by atoms with Gasteiger partial charge in [-0.1, -0.05) is 0 Å². The second kappa shape index (κ2) is 6.85. The van der Waals surface area contributed by atoms with E-state index in [1.807, 2.05) is 0 Å². The predicted molar refractivity (Wildman–Crippen MR) is 101 cm³/mol. The fourth-order valence-electron chi connectivity index (χ4n) is 3.32. The van der Waals surface area contributed by atoms with Crippen LogP contribution < -0.4 is 10.6 Å². The Kier molecular flexibility index (Phi) is 4.55. The standard InChI is InChI=1S/C19H19F3N6O2/c1-10-13(15-25-26-17(30-15)18(2)8-9-23-16(18)29)14(27-28(10)3)24-12-6-4-11(5-7-12)19(20,21)22/h4-7H,8-9H2,1-3H3,(H,23,29)(H,24,27)/t18-/m1/s1. The van der Waals surface area contributed by atoms with Gasteiger partial charge in [-0.05, 0) is 44.5 Å². The number of hydrogen-bond acceptors (Lipinski definition) is 6. The lowest BCUT2D eigenvalue weighted by molar-refractivity contribution is -0.137. The minimum atomic E-state index is -4.41. The highest BCUT2D eigenvalue weighted by Crippen LogP contribution is 2.36. The van der Waals surface area contributed by atoms with E-state index in [0.717, 1.165) is 12.1 Å². The Morgan fingerprint density at radius 3 is 2.53 bits per heavy atom. The van der Waals surface area contributed by atoms with Crippen molar-refractivity contribution < 1.29 is 22.4 Å². The van der Waals surface area contributed by atoms with Crippen LogP contribution in [0.3, 0.4) is 0 Å². The normalized spacial score (nSPS) is 19.2. The molecule has 1 aromatic carbocycles. The number of carbonyl (C=O) groups is 1. The molecule has 0 bridgehead atoms. The summed E-state index contributed by atoms with van der Waals surface area (Å²) in [6.07, 6.45) is -3.87. The average molecular weight is 420 g/mol. The molecular formula is C19H19F3N6O2. The van der Waals surface area contributed by atoms with Gasteiger partial charge in [0, 0.05) is 25.0 Å². The number of benzene rings is 1. The molecule has 30 heavy (non-hydrogen) atoms. The maximum Gasteiger partial charge on any atom is 0.416 e. The third-order valence-electron chi connectivity index (χ3n) is 5.33. The lowest BCUT2D eigenvalue weighted by Crippen LogP contribution is -2.32. The number of amides is 1. The van der Waals surface area contributed by atoms with E-state index in [0.29, 0.717) is 35.7 Å². The maximum atomic E-state index is 12.8. The van der Waals surface area contributed by atoms with Crippen molar-refractivity contribution in [2.24, 2.45) is 7.05 Å². The number of hydrogen-bond donors (Lipinski definition) is 2. The summed E-state index contributed by atoms with van der Waals surface area (Å²) in [5, 5.41) is 18.3. The summed E-state index contributed by atoms with van der Waals surface area (Å²) >= 11 is 0. The number of rotatable bonds is 4. The number of carbonyl (C=O) groups excluding carboxylic acids is 1. The van der Waals surface area contributed by atoms with Gasteiger partial charge in [-0.3, -0.25) is 9.48 Å². The van der Waals surface area contributed by atoms with E-state index < -0.39 is 17.2 Å². The Balaban J connectivity index is 1.67. The van der Waals surface area contributed by atoms with Crippen LogP contribution in [0.4, 0.5) is 24.7 Å². The first-order valence-electron chi connectivity index (χ1n) is 9.20. The summed E-state index contributed by atoms with van der Waals surface area (Å²) < 4.78 is 45.8. The molecule has 158 valence electrons. The van der Waals surface area contributed by atoms with Gasteiger partial charge in [-0.25, -0.2) is 0 Å². The Hall–Kier alpha value is -3.37. The van der Waals surface area contributed by atoms with Gasteiger partial charge >= 0.3 is 6.18 Å². The van der Waals surface area contributed by atoms with E-state index in [9.17, 15) is 18.0 Å². The van der Waals surface area contributed by atoms with Gasteiger partial charge < -0.3 is 15.1 Å². The topological polar surface area (TPSA) is 97.9 Å². The zero-order valence-electron chi connectivity index (χ0n) is 16.5. The molecule has 0 aliphatic carbocycles. The molecule has 1 aliphatic rings. The molecule has 1 aliphatic heterocycles. The molecule has 0 saturated carbocycles. The molecule has 2 N–H and O–H groups in total. The fraction of sp³-hybridized carbons (Fsp3) is 0.368. The molecule has 2 aromatic heterocycles. The second-order valence-electron chi connectivity index (χ2n) is 7.38. The third-order valence-corrected chi connectivity index (χ3v) is 5.33. The smallest absolute Gasteiger partial charge is 0.416 e. The van der Waals surface area contributed by atoms with Crippen LogP contribution in [0.25, 0.3) is 11.5 Å². The van der Waals surface area contributed by atoms with Crippen molar-refractivity contribution in [2.75, 3.05) is 11.9 Å². The third kappa shape index (κ3) is 3.29. The van der Waals surface area contributed by atoms with Crippen LogP contribution in [-0.2, 0) is 23.4 Å². The molecule has 0 unspecified atom stereocenters. The zero-order valence-corrected chi connectivity index (χ0v) is 16.5. The van der Waals surface area contributed by atoms with E-state index in [1.165, 1.54) is 12.1 Å². The second-order valence-corrected chi connectivity index (χ2v) is 7.38. The monoisotopic (exact) mass is 420 g/mol. The lowest BCUT2D eigenvalue weighted by atomic mass is 9.89. The van der Waals surface area contributed by atoms with Crippen molar-refractivity contribution in [3.8, 4) is 11.5 Å². The molecule has 0 radical (unpaired) electrons. The number of alkyl halides is 3. The highest BCUT2D eigenvalue weighted by atomic mass is 19.4. The number of aromatic nitrogens is 4. The molecule has 1 fully saturated rings. The summed E-state index contributed by atoms with van der Waals surface area (Å²) in [5.41, 5.74) is 0.000617. The van der Waals surface area contributed by atoms with Crippen molar-refractivity contribution in [1.29, 1.82) is 0 Å². The van der Waals surface area contributed by atoms with Crippen LogP contribution in [-0.4, -0.2) is 32.4 Å². The van der Waals surface area contributed by atoms with E-state index in [-0.39, 0.29) is 17.7 Å². The van der Waals surface area contributed by atoms with E-state index >= 15 is 0 Å². The van der Waals surface area contributed by atoms with Crippen molar-refractivity contribution in [1.82, 2.24) is 25.3 Å². The first kappa shape index (κ1) is 19.9. The lowest BCUT2D eigenvalue weighted by Gasteiger charge is -2.14. The quantitative estimate of drug-likeness (QED) is 0.672. The average Bonchev–Trinajstić information content (AvgIpc) is 3.36. The van der Waals surface area contributed by atoms with Gasteiger partial charge in [-0.15, -0.1) is 10.2 Å². The van der Waals surface area contributed by atoms with Crippen LogP contribution in [0.15, 0.2) is 28.7 Å². The minimum Gasteiger partial charge on any atom is -0.419 e. The summed E-state index contributed by atoms with van der Waals surface area (Å²) in [6, 6.07) is 4.61. The van der Waals surface area contributed by atoms with Crippen molar-refractivity contribution in [3.63, 3.8) is 0 Å². The molecular weight excluding hydrogens is 401 g/mol. The summed E-state index contributed by atoms with van der Waals surface area (Å²) in [5.74, 6) is 0.553. The molecule has 1 saturated heterocycles. The molecule has 1 amide bonds. The van der Waals surface area contributed by atoms with Gasteiger partial charge in [0.1, 0.15) is 11.0 Å². The number of nitrogens with one attached hydrogen (secondary N) is 2. The van der Waals surface area contributed by atoms with Crippen molar-refractivity contribution in [3.05, 3.63) is 41.4 Å². The van der Waals surface area contributed by atoms with Gasteiger partial charge in [-0.2, -0.15) is 18.3 Å². The molecule has 0 spiro atoms. The number of aryl methyl sites for hydroxylation is 1. The minimum absolute atomic E-state index is 0.172. The van der Waals surface area contributed by atoms with Gasteiger partial charge in [0.25, 0.3) is 5.89 Å². The van der Waals surface area contributed by atoms with Crippen LogP contribution >= 0.6 is 0 Å². The van der Waals surface area contributed by atoms with E-state index in [2.05, 4.69) is 25.9 Å². The number of halogens is 3. The SMILES string of the molecule is Cc1c(-c2nnc([C@]3(C)CCNC3=O)o2)c(Nc2ccc(C(F)(F)F)cc2)nn1C. The molecule has 4 rings (SSSR count).